The number of carbonyl (C=O) groups excluding carboxylic acids is 1. The molecule has 5 heteroatoms. The third kappa shape index (κ3) is 2.50. The predicted octanol–water partition coefficient (Wildman–Crippen LogP) is 2.26. The fourth-order valence-electron chi connectivity index (χ4n) is 3.10. The number of carbonyl (C=O) groups is 2. The quantitative estimate of drug-likeness (QED) is 0.913. The van der Waals surface area contributed by atoms with E-state index in [4.69, 9.17) is 0 Å². The van der Waals surface area contributed by atoms with E-state index in [0.717, 1.165) is 11.1 Å². The van der Waals surface area contributed by atoms with Crippen molar-refractivity contribution < 1.29 is 14.7 Å². The number of likely N-dealkylation sites (tertiary alicyclic amines) is 1. The summed E-state index contributed by atoms with van der Waals surface area (Å²) in [5.41, 5.74) is 2.45. The van der Waals surface area contributed by atoms with Gasteiger partial charge in [-0.05, 0) is 18.1 Å². The van der Waals surface area contributed by atoms with Gasteiger partial charge in [0.05, 0.1) is 11.5 Å². The van der Waals surface area contributed by atoms with Crippen molar-refractivity contribution in [1.29, 1.82) is 0 Å². The number of hydrogen-bond acceptors (Lipinski definition) is 2. The Kier molecular flexibility index (Phi) is 3.71. The molecular formula is C17H18N2O3. The van der Waals surface area contributed by atoms with E-state index < -0.39 is 11.9 Å². The number of H-pyrrole nitrogens is 1. The van der Waals surface area contributed by atoms with Gasteiger partial charge in [0.2, 0.25) is 0 Å². The van der Waals surface area contributed by atoms with Gasteiger partial charge in [0.25, 0.3) is 5.91 Å². The maximum absolute atomic E-state index is 12.6. The zero-order valence-corrected chi connectivity index (χ0v) is 12.3. The maximum atomic E-state index is 12.6. The van der Waals surface area contributed by atoms with E-state index in [-0.39, 0.29) is 18.4 Å². The van der Waals surface area contributed by atoms with Crippen LogP contribution >= 0.6 is 0 Å². The third-order valence-electron chi connectivity index (χ3n) is 4.33. The topological polar surface area (TPSA) is 73.4 Å². The molecule has 3 rings (SSSR count). The highest BCUT2D eigenvalue weighted by Gasteiger charge is 2.40. The van der Waals surface area contributed by atoms with Crippen LogP contribution in [0.1, 0.15) is 27.4 Å². The van der Waals surface area contributed by atoms with E-state index >= 15 is 0 Å². The molecule has 1 fully saturated rings. The van der Waals surface area contributed by atoms with Gasteiger partial charge in [0.15, 0.2) is 0 Å². The average Bonchev–Trinajstić information content (AvgIpc) is 3.14. The Morgan fingerprint density at radius 2 is 1.91 bits per heavy atom. The second-order valence-electron chi connectivity index (χ2n) is 5.72. The Labute approximate surface area is 128 Å². The summed E-state index contributed by atoms with van der Waals surface area (Å²) in [6.45, 7) is 2.55. The SMILES string of the molecule is Cc1c[nH]cc1C(=O)N1C[C@H](C(=O)O)[C@H](c2ccccc2)C1. The van der Waals surface area contributed by atoms with Crippen LogP contribution in [-0.4, -0.2) is 40.0 Å². The zero-order chi connectivity index (χ0) is 15.7. The second-order valence-corrected chi connectivity index (χ2v) is 5.72. The van der Waals surface area contributed by atoms with Crippen LogP contribution in [0, 0.1) is 12.8 Å². The van der Waals surface area contributed by atoms with Crippen molar-refractivity contribution >= 4 is 11.9 Å². The molecule has 1 aliphatic heterocycles. The molecule has 1 aliphatic rings. The minimum atomic E-state index is -0.852. The van der Waals surface area contributed by atoms with Crippen LogP contribution in [0.2, 0.25) is 0 Å². The molecule has 22 heavy (non-hydrogen) atoms. The molecule has 2 N–H and O–H groups in total. The van der Waals surface area contributed by atoms with Gasteiger partial charge in [-0.15, -0.1) is 0 Å². The van der Waals surface area contributed by atoms with Crippen LogP contribution < -0.4 is 0 Å². The molecule has 5 nitrogen and oxygen atoms in total. The number of hydrogen-bond donors (Lipinski definition) is 2. The molecule has 114 valence electrons. The number of rotatable bonds is 3. The first-order valence-corrected chi connectivity index (χ1v) is 7.28. The lowest BCUT2D eigenvalue weighted by atomic mass is 9.89. The van der Waals surface area contributed by atoms with E-state index in [2.05, 4.69) is 4.98 Å². The Morgan fingerprint density at radius 3 is 2.50 bits per heavy atom. The number of benzene rings is 1. The molecule has 1 aromatic carbocycles. The molecule has 2 atom stereocenters. The van der Waals surface area contributed by atoms with Crippen LogP contribution in [0.5, 0.6) is 0 Å². The van der Waals surface area contributed by atoms with Crippen molar-refractivity contribution in [3.05, 3.63) is 59.4 Å². The molecule has 2 heterocycles. The summed E-state index contributed by atoms with van der Waals surface area (Å²) < 4.78 is 0. The lowest BCUT2D eigenvalue weighted by Gasteiger charge is -2.16. The number of aliphatic carboxylic acids is 1. The number of carboxylic acids is 1. The minimum absolute atomic E-state index is 0.108. The summed E-state index contributed by atoms with van der Waals surface area (Å²) in [6.07, 6.45) is 3.44. The first-order valence-electron chi connectivity index (χ1n) is 7.28. The fraction of sp³-hybridized carbons (Fsp3) is 0.294. The van der Waals surface area contributed by atoms with Gasteiger partial charge in [0.1, 0.15) is 0 Å². The van der Waals surface area contributed by atoms with Crippen LogP contribution in [0.25, 0.3) is 0 Å². The van der Waals surface area contributed by atoms with Gasteiger partial charge in [0, 0.05) is 31.4 Å². The molecule has 2 aromatic rings. The maximum Gasteiger partial charge on any atom is 0.308 e. The monoisotopic (exact) mass is 298 g/mol. The summed E-state index contributed by atoms with van der Waals surface area (Å²) in [5, 5.41) is 9.49. The van der Waals surface area contributed by atoms with E-state index in [1.807, 2.05) is 37.3 Å². The van der Waals surface area contributed by atoms with Gasteiger partial charge in [-0.3, -0.25) is 9.59 Å². The molecule has 0 saturated carbocycles. The molecule has 1 aromatic heterocycles. The summed E-state index contributed by atoms with van der Waals surface area (Å²) in [4.78, 5) is 28.7. The molecule has 1 saturated heterocycles. The van der Waals surface area contributed by atoms with Crippen LogP contribution in [-0.2, 0) is 4.79 Å². The largest absolute Gasteiger partial charge is 0.481 e. The summed E-state index contributed by atoms with van der Waals surface area (Å²) in [7, 11) is 0. The highest BCUT2D eigenvalue weighted by atomic mass is 16.4. The lowest BCUT2D eigenvalue weighted by molar-refractivity contribution is -0.141. The fourth-order valence-corrected chi connectivity index (χ4v) is 3.10. The zero-order valence-electron chi connectivity index (χ0n) is 12.3. The van der Waals surface area contributed by atoms with Crippen molar-refractivity contribution in [1.82, 2.24) is 9.88 Å². The first-order chi connectivity index (χ1) is 10.6. The van der Waals surface area contributed by atoms with Crippen molar-refractivity contribution in [2.24, 2.45) is 5.92 Å². The highest BCUT2D eigenvalue weighted by molar-refractivity contribution is 5.96. The molecule has 1 amide bonds. The Hall–Kier alpha value is -2.56. The lowest BCUT2D eigenvalue weighted by Crippen LogP contribution is -2.30. The summed E-state index contributed by atoms with van der Waals surface area (Å²) in [5.74, 6) is -1.69. The number of nitrogens with zero attached hydrogens (tertiary/aromatic N) is 1. The minimum Gasteiger partial charge on any atom is -0.481 e. The number of nitrogens with one attached hydrogen (secondary N) is 1. The summed E-state index contributed by atoms with van der Waals surface area (Å²) in [6, 6.07) is 9.55. The molecule has 0 aliphatic carbocycles. The number of aryl methyl sites for hydroxylation is 1. The smallest absolute Gasteiger partial charge is 0.308 e. The van der Waals surface area contributed by atoms with Crippen molar-refractivity contribution in [2.45, 2.75) is 12.8 Å². The van der Waals surface area contributed by atoms with Gasteiger partial charge < -0.3 is 15.0 Å². The number of amides is 1. The van der Waals surface area contributed by atoms with Crippen molar-refractivity contribution in [3.8, 4) is 0 Å². The first kappa shape index (κ1) is 14.4. The van der Waals surface area contributed by atoms with Gasteiger partial charge >= 0.3 is 5.97 Å². The molecular weight excluding hydrogens is 280 g/mol. The number of carboxylic acid groups (broad SMARTS) is 1. The Balaban J connectivity index is 1.86. The van der Waals surface area contributed by atoms with Crippen molar-refractivity contribution in [3.63, 3.8) is 0 Å². The van der Waals surface area contributed by atoms with E-state index in [1.165, 1.54) is 0 Å². The molecule has 0 unspecified atom stereocenters. The Bertz CT molecular complexity index is 693. The van der Waals surface area contributed by atoms with E-state index in [9.17, 15) is 14.7 Å². The summed E-state index contributed by atoms with van der Waals surface area (Å²) >= 11 is 0. The predicted molar refractivity (Wildman–Crippen MR) is 81.7 cm³/mol. The van der Waals surface area contributed by atoms with Crippen LogP contribution in [0.15, 0.2) is 42.7 Å². The standard InChI is InChI=1S/C17H18N2O3/c1-11-7-18-8-13(11)16(20)19-9-14(15(10-19)17(21)22)12-5-3-2-4-6-12/h2-8,14-15,18H,9-10H2,1H3,(H,21,22)/t14-,15-/m0/s1. The number of aromatic amines is 1. The van der Waals surface area contributed by atoms with E-state index in [1.54, 1.807) is 17.3 Å². The molecule has 0 bridgehead atoms. The van der Waals surface area contributed by atoms with Gasteiger partial charge in [-0.1, -0.05) is 30.3 Å². The highest BCUT2D eigenvalue weighted by Crippen LogP contribution is 2.33. The average molecular weight is 298 g/mol. The van der Waals surface area contributed by atoms with E-state index in [0.29, 0.717) is 12.1 Å². The number of aromatic nitrogens is 1. The second kappa shape index (κ2) is 5.67. The molecule has 0 spiro atoms. The van der Waals surface area contributed by atoms with Crippen LogP contribution in [0.4, 0.5) is 0 Å². The van der Waals surface area contributed by atoms with Crippen molar-refractivity contribution in [2.75, 3.05) is 13.1 Å². The normalized spacial score (nSPS) is 21.0. The third-order valence-corrected chi connectivity index (χ3v) is 4.33. The van der Waals surface area contributed by atoms with Gasteiger partial charge in [-0.25, -0.2) is 0 Å². The Morgan fingerprint density at radius 1 is 1.18 bits per heavy atom. The van der Waals surface area contributed by atoms with Crippen LogP contribution in [0.3, 0.4) is 0 Å². The van der Waals surface area contributed by atoms with Gasteiger partial charge in [-0.2, -0.15) is 0 Å². The molecule has 0 radical (unpaired) electrons.